The van der Waals surface area contributed by atoms with Crippen molar-refractivity contribution in [2.75, 3.05) is 31.3 Å². The van der Waals surface area contributed by atoms with E-state index in [-0.39, 0.29) is 25.2 Å². The molecule has 0 saturated carbocycles. The number of aliphatic hydroxyl groups excluding tert-OH is 4. The Morgan fingerprint density at radius 1 is 1.08 bits per heavy atom. The molecule has 7 atom stereocenters. The Morgan fingerprint density at radius 2 is 1.78 bits per heavy atom. The molecule has 206 valence electrons. The lowest BCUT2D eigenvalue weighted by atomic mass is 9.99. The first kappa shape index (κ1) is 31.7. The van der Waals surface area contributed by atoms with Crippen molar-refractivity contribution in [1.82, 2.24) is 10.6 Å². The molecule has 0 bridgehead atoms. The van der Waals surface area contributed by atoms with Gasteiger partial charge in [-0.15, -0.1) is 0 Å². The minimum atomic E-state index is -1.56. The van der Waals surface area contributed by atoms with Gasteiger partial charge in [0.2, 0.25) is 11.8 Å². The van der Waals surface area contributed by atoms with Crippen LogP contribution in [-0.4, -0.2) is 128 Å². The van der Waals surface area contributed by atoms with Crippen LogP contribution in [0.25, 0.3) is 0 Å². The summed E-state index contributed by atoms with van der Waals surface area (Å²) >= 11 is 1.22. The number of carbonyl (C=O) groups excluding carboxylic acids is 2. The first-order valence-electron chi connectivity index (χ1n) is 10.9. The molecule has 1 aliphatic rings. The Balaban J connectivity index is 2.49. The van der Waals surface area contributed by atoms with Crippen LogP contribution in [0.1, 0.15) is 12.8 Å². The van der Waals surface area contributed by atoms with Gasteiger partial charge in [0, 0.05) is 17.9 Å². The van der Waals surface area contributed by atoms with Gasteiger partial charge in [-0.25, -0.2) is 0 Å². The maximum Gasteiger partial charge on any atom is 0.322 e. The third-order valence-electron chi connectivity index (χ3n) is 4.94. The quantitative estimate of drug-likeness (QED) is 0.0668. The minimum absolute atomic E-state index is 0.0493. The molecule has 0 aromatic rings. The Bertz CT molecular complexity index is 768. The number of aliphatic carboxylic acids is 2. The van der Waals surface area contributed by atoms with Crippen LogP contribution in [0.5, 0.6) is 0 Å². The number of amides is 2. The van der Waals surface area contributed by atoms with Crippen LogP contribution < -0.4 is 16.4 Å². The summed E-state index contributed by atoms with van der Waals surface area (Å²) in [6.45, 7) is -1.28. The first-order valence-corrected chi connectivity index (χ1v) is 12.1. The molecule has 36 heavy (non-hydrogen) atoms. The van der Waals surface area contributed by atoms with Crippen molar-refractivity contribution in [1.29, 1.82) is 0 Å². The molecule has 1 rings (SSSR count). The van der Waals surface area contributed by atoms with E-state index in [1.807, 2.05) is 0 Å². The molecule has 0 aromatic carbocycles. The summed E-state index contributed by atoms with van der Waals surface area (Å²) in [5.41, 5.74) is 5.35. The number of rotatable bonds is 16. The zero-order chi connectivity index (χ0) is 27.3. The van der Waals surface area contributed by atoms with Gasteiger partial charge in [-0.3, -0.25) is 19.2 Å². The molecule has 10 N–H and O–H groups in total. The van der Waals surface area contributed by atoms with Crippen molar-refractivity contribution in [2.45, 2.75) is 55.6 Å². The van der Waals surface area contributed by atoms with Crippen LogP contribution in [0.2, 0.25) is 0 Å². The summed E-state index contributed by atoms with van der Waals surface area (Å²) in [7, 11) is 0. The first-order chi connectivity index (χ1) is 17.0. The molecule has 0 aromatic heterocycles. The van der Waals surface area contributed by atoms with Crippen LogP contribution in [0.15, 0.2) is 12.2 Å². The summed E-state index contributed by atoms with van der Waals surface area (Å²) in [6, 6.07) is -2.32. The number of hydrogen-bond donors (Lipinski definition) is 9. The van der Waals surface area contributed by atoms with E-state index in [4.69, 9.17) is 30.5 Å². The topological polar surface area (TPSA) is 258 Å². The van der Waals surface area contributed by atoms with E-state index < -0.39 is 79.7 Å². The molecule has 15 nitrogen and oxygen atoms in total. The summed E-state index contributed by atoms with van der Waals surface area (Å²) in [4.78, 5) is 45.8. The highest BCUT2D eigenvalue weighted by molar-refractivity contribution is 7.99. The number of nitrogens with two attached hydrogens (primary N) is 1. The van der Waals surface area contributed by atoms with Gasteiger partial charge < -0.3 is 56.5 Å². The van der Waals surface area contributed by atoms with Crippen LogP contribution in [0.3, 0.4) is 0 Å². The second-order valence-electron chi connectivity index (χ2n) is 7.75. The average molecular weight is 540 g/mol. The molecule has 0 aliphatic carbocycles. The number of hydrogen-bond acceptors (Lipinski definition) is 12. The summed E-state index contributed by atoms with van der Waals surface area (Å²) < 4.78 is 10.5. The Morgan fingerprint density at radius 3 is 2.39 bits per heavy atom. The molecule has 1 aliphatic heterocycles. The van der Waals surface area contributed by atoms with E-state index in [0.717, 1.165) is 0 Å². The summed E-state index contributed by atoms with van der Waals surface area (Å²) in [5.74, 6) is -3.46. The lowest BCUT2D eigenvalue weighted by Gasteiger charge is -2.39. The van der Waals surface area contributed by atoms with Gasteiger partial charge in [-0.05, 0) is 6.42 Å². The Labute approximate surface area is 210 Å². The van der Waals surface area contributed by atoms with Gasteiger partial charge in [0.15, 0.2) is 6.29 Å². The second-order valence-corrected chi connectivity index (χ2v) is 8.83. The normalized spacial score (nSPS) is 25.8. The van der Waals surface area contributed by atoms with E-state index >= 15 is 0 Å². The van der Waals surface area contributed by atoms with Crippen LogP contribution in [0, 0.1) is 0 Å². The fraction of sp³-hybridized carbons (Fsp3) is 0.700. The number of thioether (sulfide) groups is 1. The third kappa shape index (κ3) is 11.2. The highest BCUT2D eigenvalue weighted by Crippen LogP contribution is 2.21. The number of nitrogens with one attached hydrogen (secondary N) is 2. The number of carboxylic acid groups (broad SMARTS) is 2. The van der Waals surface area contributed by atoms with Gasteiger partial charge in [-0.2, -0.15) is 11.8 Å². The van der Waals surface area contributed by atoms with Crippen LogP contribution >= 0.6 is 11.8 Å². The molecular weight excluding hydrogens is 506 g/mol. The minimum Gasteiger partial charge on any atom is -0.480 e. The molecule has 2 amide bonds. The van der Waals surface area contributed by atoms with Crippen molar-refractivity contribution in [3.63, 3.8) is 0 Å². The van der Waals surface area contributed by atoms with E-state index in [1.165, 1.54) is 11.8 Å². The lowest BCUT2D eigenvalue weighted by molar-refractivity contribution is -0.298. The van der Waals surface area contributed by atoms with E-state index in [1.54, 1.807) is 12.2 Å². The van der Waals surface area contributed by atoms with Crippen molar-refractivity contribution < 1.29 is 59.3 Å². The molecule has 1 heterocycles. The largest absolute Gasteiger partial charge is 0.480 e. The Kier molecular flexibility index (Phi) is 14.5. The van der Waals surface area contributed by atoms with Crippen molar-refractivity contribution in [3.8, 4) is 0 Å². The monoisotopic (exact) mass is 539 g/mol. The Hall–Kier alpha value is -2.31. The standard InChI is InChI=1S/C20H33N3O12S/c21-10(19(32)33)3-4-13(25)23-11(18(31)22-7-14(26)27)9-36-6-2-1-5-34-20-17(30)16(29)15(28)12(8-24)35-20/h1-2,10-12,15-17,20,24,28-30H,3-9,21H2,(H,22,31)(H,23,25)(H,26,27)(H,32,33)/b2-1+/t10-,11-,12?,15-,16+,17?,20-/m0/s1. The molecule has 0 radical (unpaired) electrons. The third-order valence-corrected chi connectivity index (χ3v) is 5.93. The second kappa shape index (κ2) is 16.4. The fourth-order valence-corrected chi connectivity index (χ4v) is 3.77. The number of carbonyl (C=O) groups is 4. The molecule has 2 unspecified atom stereocenters. The van der Waals surface area contributed by atoms with E-state index in [0.29, 0.717) is 5.75 Å². The van der Waals surface area contributed by atoms with Gasteiger partial charge in [0.1, 0.15) is 43.0 Å². The summed E-state index contributed by atoms with van der Waals surface area (Å²) in [6.07, 6.45) is -4.12. The molecular formula is C20H33N3O12S. The number of aliphatic hydroxyl groups is 4. The van der Waals surface area contributed by atoms with Gasteiger partial charge in [-0.1, -0.05) is 12.2 Å². The lowest BCUT2D eigenvalue weighted by Crippen LogP contribution is -2.59. The number of carboxylic acids is 2. The zero-order valence-electron chi connectivity index (χ0n) is 19.3. The van der Waals surface area contributed by atoms with Crippen molar-refractivity contribution in [3.05, 3.63) is 12.2 Å². The molecule has 1 fully saturated rings. The van der Waals surface area contributed by atoms with E-state index in [2.05, 4.69) is 10.6 Å². The molecule has 16 heteroatoms. The van der Waals surface area contributed by atoms with Crippen molar-refractivity contribution >= 4 is 35.5 Å². The predicted octanol–water partition coefficient (Wildman–Crippen LogP) is -4.03. The van der Waals surface area contributed by atoms with Crippen LogP contribution in [-0.2, 0) is 28.7 Å². The zero-order valence-corrected chi connectivity index (χ0v) is 20.1. The molecule has 0 spiro atoms. The SMILES string of the molecule is N[C@@H](CCC(=O)N[C@@H](CSC/C=C/CO[C@H]1OC(CO)[C@H](O)[C@@H](O)C1O)C(=O)NCC(=O)O)C(=O)O. The van der Waals surface area contributed by atoms with Gasteiger partial charge >= 0.3 is 11.9 Å². The van der Waals surface area contributed by atoms with Crippen LogP contribution in [0.4, 0.5) is 0 Å². The predicted molar refractivity (Wildman–Crippen MR) is 124 cm³/mol. The van der Waals surface area contributed by atoms with Gasteiger partial charge in [0.05, 0.1) is 13.2 Å². The van der Waals surface area contributed by atoms with Gasteiger partial charge in [0.25, 0.3) is 0 Å². The smallest absolute Gasteiger partial charge is 0.322 e. The summed E-state index contributed by atoms with van der Waals surface area (Å²) in [5, 5.41) is 60.6. The maximum atomic E-state index is 12.2. The van der Waals surface area contributed by atoms with Crippen molar-refractivity contribution in [2.24, 2.45) is 5.73 Å². The fourth-order valence-electron chi connectivity index (χ4n) is 2.89. The average Bonchev–Trinajstić information content (AvgIpc) is 2.83. The highest BCUT2D eigenvalue weighted by Gasteiger charge is 2.43. The van der Waals surface area contributed by atoms with E-state index in [9.17, 15) is 34.5 Å². The highest BCUT2D eigenvalue weighted by atomic mass is 32.2. The molecule has 1 saturated heterocycles. The number of ether oxygens (including phenoxy) is 2. The maximum absolute atomic E-state index is 12.2.